The summed E-state index contributed by atoms with van der Waals surface area (Å²) in [6, 6.07) is 0. The van der Waals surface area contributed by atoms with E-state index < -0.39 is 42.2 Å². The van der Waals surface area contributed by atoms with E-state index in [0.717, 1.165) is 0 Å². The summed E-state index contributed by atoms with van der Waals surface area (Å²) < 4.78 is 20.7. The van der Waals surface area contributed by atoms with Crippen LogP contribution in [0.1, 0.15) is 47.0 Å². The van der Waals surface area contributed by atoms with E-state index in [9.17, 15) is 19.2 Å². The molecule has 0 N–H and O–H groups in total. The number of methoxy groups -OCH3 is 1. The second kappa shape index (κ2) is 9.94. The van der Waals surface area contributed by atoms with E-state index in [2.05, 4.69) is 0 Å². The molecule has 0 radical (unpaired) electrons. The number of rotatable bonds is 7. The molecule has 0 aromatic rings. The molecule has 0 saturated carbocycles. The van der Waals surface area contributed by atoms with E-state index >= 15 is 0 Å². The SMILES string of the molecule is CCC(=O)O[C@@H]1[C@H](OC(C)=O)C=C(C(=O)OC)C[C@H]1OC(=O)[C@H](C)CC. The Hall–Kier alpha value is -2.38. The zero-order valence-electron chi connectivity index (χ0n) is 15.8. The fourth-order valence-corrected chi connectivity index (χ4v) is 2.40. The van der Waals surface area contributed by atoms with Crippen LogP contribution in [0.15, 0.2) is 11.6 Å². The van der Waals surface area contributed by atoms with Gasteiger partial charge in [-0.3, -0.25) is 14.4 Å². The smallest absolute Gasteiger partial charge is 0.333 e. The molecule has 1 rings (SSSR count). The van der Waals surface area contributed by atoms with Crippen molar-refractivity contribution in [2.45, 2.75) is 65.3 Å². The van der Waals surface area contributed by atoms with Crippen LogP contribution in [0.5, 0.6) is 0 Å². The molecule has 0 heterocycles. The summed E-state index contributed by atoms with van der Waals surface area (Å²) in [5.74, 6) is -2.64. The van der Waals surface area contributed by atoms with Crippen LogP contribution in [0.25, 0.3) is 0 Å². The van der Waals surface area contributed by atoms with Crippen LogP contribution in [0, 0.1) is 5.92 Å². The third kappa shape index (κ3) is 5.86. The lowest BCUT2D eigenvalue weighted by atomic mass is 9.91. The van der Waals surface area contributed by atoms with Crippen LogP contribution < -0.4 is 0 Å². The summed E-state index contributed by atoms with van der Waals surface area (Å²) in [5, 5.41) is 0. The molecule has 8 nitrogen and oxygen atoms in total. The second-order valence-electron chi connectivity index (χ2n) is 6.05. The fraction of sp³-hybridized carbons (Fsp3) is 0.667. The normalized spacial score (nSPS) is 23.3. The van der Waals surface area contributed by atoms with Gasteiger partial charge in [-0.1, -0.05) is 20.8 Å². The van der Waals surface area contributed by atoms with Gasteiger partial charge in [0.05, 0.1) is 13.0 Å². The molecule has 1 aliphatic carbocycles. The lowest BCUT2D eigenvalue weighted by Gasteiger charge is -2.35. The molecule has 4 atom stereocenters. The molecule has 0 aliphatic heterocycles. The first kappa shape index (κ1) is 21.7. The van der Waals surface area contributed by atoms with Crippen LogP contribution >= 0.6 is 0 Å². The van der Waals surface area contributed by atoms with Crippen molar-refractivity contribution in [2.75, 3.05) is 7.11 Å². The molecule has 0 fully saturated rings. The summed E-state index contributed by atoms with van der Waals surface area (Å²) in [6.45, 7) is 6.35. The molecule has 146 valence electrons. The molecule has 0 aromatic heterocycles. The zero-order valence-corrected chi connectivity index (χ0v) is 15.8. The van der Waals surface area contributed by atoms with Gasteiger partial charge in [-0.05, 0) is 12.5 Å². The lowest BCUT2D eigenvalue weighted by Crippen LogP contribution is -2.48. The Labute approximate surface area is 152 Å². The van der Waals surface area contributed by atoms with E-state index in [4.69, 9.17) is 18.9 Å². The first-order valence-electron chi connectivity index (χ1n) is 8.59. The third-order valence-electron chi connectivity index (χ3n) is 4.06. The molecule has 8 heteroatoms. The highest BCUT2D eigenvalue weighted by Gasteiger charge is 2.42. The standard InChI is InChI=1S/C18H26O8/c1-6-10(3)17(21)25-14-9-12(18(22)23-5)8-13(24-11(4)19)16(14)26-15(20)7-2/h8,10,13-14,16H,6-7,9H2,1-5H3/t10-,13-,14-,16-/m1/s1. The van der Waals surface area contributed by atoms with E-state index in [1.165, 1.54) is 20.1 Å². The molecule has 26 heavy (non-hydrogen) atoms. The van der Waals surface area contributed by atoms with Crippen LogP contribution in [0.4, 0.5) is 0 Å². The third-order valence-corrected chi connectivity index (χ3v) is 4.06. The Morgan fingerprint density at radius 3 is 2.31 bits per heavy atom. The van der Waals surface area contributed by atoms with Gasteiger partial charge in [-0.2, -0.15) is 0 Å². The van der Waals surface area contributed by atoms with Crippen molar-refractivity contribution < 1.29 is 38.1 Å². The number of carbonyl (C=O) groups excluding carboxylic acids is 4. The largest absolute Gasteiger partial charge is 0.466 e. The number of ether oxygens (including phenoxy) is 4. The lowest BCUT2D eigenvalue weighted by molar-refractivity contribution is -0.184. The minimum absolute atomic E-state index is 0.00568. The Bertz CT molecular complexity index is 580. The summed E-state index contributed by atoms with van der Waals surface area (Å²) in [7, 11) is 1.22. The van der Waals surface area contributed by atoms with Gasteiger partial charge in [-0.15, -0.1) is 0 Å². The number of hydrogen-bond donors (Lipinski definition) is 0. The summed E-state index contributed by atoms with van der Waals surface area (Å²) in [4.78, 5) is 47.4. The maximum absolute atomic E-state index is 12.2. The molecule has 0 saturated heterocycles. The maximum atomic E-state index is 12.2. The molecule has 0 amide bonds. The topological polar surface area (TPSA) is 105 Å². The van der Waals surface area contributed by atoms with Gasteiger partial charge in [0.15, 0.2) is 12.2 Å². The van der Waals surface area contributed by atoms with Crippen LogP contribution in [0.3, 0.4) is 0 Å². The Morgan fingerprint density at radius 2 is 1.81 bits per heavy atom. The first-order chi connectivity index (χ1) is 12.2. The molecular formula is C18H26O8. The number of hydrogen-bond acceptors (Lipinski definition) is 8. The predicted octanol–water partition coefficient (Wildman–Crippen LogP) is 1.70. The Morgan fingerprint density at radius 1 is 1.15 bits per heavy atom. The minimum Gasteiger partial charge on any atom is -0.466 e. The van der Waals surface area contributed by atoms with Gasteiger partial charge >= 0.3 is 23.9 Å². The highest BCUT2D eigenvalue weighted by atomic mass is 16.6. The first-order valence-corrected chi connectivity index (χ1v) is 8.59. The number of esters is 4. The van der Waals surface area contributed by atoms with Gasteiger partial charge in [-0.25, -0.2) is 4.79 Å². The predicted molar refractivity (Wildman–Crippen MR) is 89.8 cm³/mol. The van der Waals surface area contributed by atoms with Crippen molar-refractivity contribution in [1.29, 1.82) is 0 Å². The highest BCUT2D eigenvalue weighted by Crippen LogP contribution is 2.28. The molecule has 0 bridgehead atoms. The monoisotopic (exact) mass is 370 g/mol. The van der Waals surface area contributed by atoms with E-state index in [0.29, 0.717) is 6.42 Å². The minimum atomic E-state index is -1.06. The van der Waals surface area contributed by atoms with E-state index in [1.54, 1.807) is 13.8 Å². The van der Waals surface area contributed by atoms with Crippen LogP contribution in [-0.4, -0.2) is 49.3 Å². The van der Waals surface area contributed by atoms with Crippen molar-refractivity contribution in [3.8, 4) is 0 Å². The quantitative estimate of drug-likeness (QED) is 0.492. The van der Waals surface area contributed by atoms with Crippen LogP contribution in [0.2, 0.25) is 0 Å². The zero-order chi connectivity index (χ0) is 19.9. The van der Waals surface area contributed by atoms with Gasteiger partial charge in [0.1, 0.15) is 6.10 Å². The number of carbonyl (C=O) groups is 4. The van der Waals surface area contributed by atoms with Gasteiger partial charge < -0.3 is 18.9 Å². The molecular weight excluding hydrogens is 344 g/mol. The van der Waals surface area contributed by atoms with Crippen LogP contribution in [-0.2, 0) is 38.1 Å². The summed E-state index contributed by atoms with van der Waals surface area (Å²) >= 11 is 0. The summed E-state index contributed by atoms with van der Waals surface area (Å²) in [6.07, 6.45) is -1.02. The van der Waals surface area contributed by atoms with E-state index in [-0.39, 0.29) is 24.3 Å². The molecule has 0 spiro atoms. The van der Waals surface area contributed by atoms with Crippen molar-refractivity contribution in [3.05, 3.63) is 11.6 Å². The van der Waals surface area contributed by atoms with Gasteiger partial charge in [0, 0.05) is 25.3 Å². The maximum Gasteiger partial charge on any atom is 0.333 e. The summed E-state index contributed by atoms with van der Waals surface area (Å²) in [5.41, 5.74) is 0.185. The Balaban J connectivity index is 3.19. The molecule has 0 unspecified atom stereocenters. The average molecular weight is 370 g/mol. The van der Waals surface area contributed by atoms with Crippen molar-refractivity contribution >= 4 is 23.9 Å². The fourth-order valence-electron chi connectivity index (χ4n) is 2.40. The van der Waals surface area contributed by atoms with Crippen molar-refractivity contribution in [3.63, 3.8) is 0 Å². The average Bonchev–Trinajstić information content (AvgIpc) is 2.61. The van der Waals surface area contributed by atoms with Crippen molar-refractivity contribution in [2.24, 2.45) is 5.92 Å². The van der Waals surface area contributed by atoms with Gasteiger partial charge in [0.2, 0.25) is 0 Å². The molecule has 1 aliphatic rings. The Kier molecular flexibility index (Phi) is 8.28. The second-order valence-corrected chi connectivity index (χ2v) is 6.05. The highest BCUT2D eigenvalue weighted by molar-refractivity contribution is 5.89. The van der Waals surface area contributed by atoms with Gasteiger partial charge in [0.25, 0.3) is 0 Å². The van der Waals surface area contributed by atoms with E-state index in [1.807, 2.05) is 6.92 Å². The molecule has 0 aromatic carbocycles. The van der Waals surface area contributed by atoms with Crippen molar-refractivity contribution in [1.82, 2.24) is 0 Å².